The zero-order valence-corrected chi connectivity index (χ0v) is 13.6. The summed E-state index contributed by atoms with van der Waals surface area (Å²) in [5.74, 6) is -2.51. The topological polar surface area (TPSA) is 82.8 Å². The Hall–Kier alpha value is -2.60. The first kappa shape index (κ1) is 17.7. The number of rotatable bonds is 4. The van der Waals surface area contributed by atoms with Crippen molar-refractivity contribution < 1.29 is 19.8 Å². The third-order valence-electron chi connectivity index (χ3n) is 4.13. The quantitative estimate of drug-likeness (QED) is 0.842. The molecule has 1 aliphatic rings. The highest BCUT2D eigenvalue weighted by Gasteiger charge is 2.21. The van der Waals surface area contributed by atoms with Crippen molar-refractivity contribution in [3.05, 3.63) is 48.7 Å². The van der Waals surface area contributed by atoms with Crippen molar-refractivity contribution in [2.45, 2.75) is 25.4 Å². The van der Waals surface area contributed by atoms with E-state index in [0.717, 1.165) is 12.6 Å². The van der Waals surface area contributed by atoms with Crippen LogP contribution in [-0.2, 0) is 16.1 Å². The Morgan fingerprint density at radius 3 is 2.42 bits per heavy atom. The molecule has 0 amide bonds. The van der Waals surface area contributed by atoms with E-state index in [4.69, 9.17) is 10.2 Å². The predicted molar refractivity (Wildman–Crippen MR) is 92.0 cm³/mol. The third kappa shape index (κ3) is 4.96. The highest BCUT2D eigenvalue weighted by molar-refractivity contribution is 5.89. The fourth-order valence-electron chi connectivity index (χ4n) is 2.88. The van der Waals surface area contributed by atoms with E-state index >= 15 is 0 Å². The number of fused-ring (bicyclic) bond motifs is 1. The molecule has 0 saturated carbocycles. The number of aromatic nitrogens is 1. The van der Waals surface area contributed by atoms with Gasteiger partial charge in [0.05, 0.1) is 0 Å². The Morgan fingerprint density at radius 2 is 1.83 bits per heavy atom. The monoisotopic (exact) mass is 330 g/mol. The minimum absolute atomic E-state index is 0.558. The van der Waals surface area contributed by atoms with Gasteiger partial charge in [-0.05, 0) is 44.0 Å². The molecule has 6 heteroatoms. The Bertz CT molecular complexity index is 719. The fraction of sp³-hybridized carbons (Fsp3) is 0.333. The van der Waals surface area contributed by atoms with Gasteiger partial charge in [0.1, 0.15) is 0 Å². The molecule has 1 atom stereocenters. The molecule has 2 aromatic rings. The normalized spacial score (nSPS) is 17.8. The van der Waals surface area contributed by atoms with Crippen molar-refractivity contribution in [2.75, 3.05) is 13.6 Å². The number of likely N-dealkylation sites (N-methyl/N-ethyl adjacent to an activating group) is 1. The fourth-order valence-corrected chi connectivity index (χ4v) is 2.88. The second-order valence-electron chi connectivity index (χ2n) is 5.81. The van der Waals surface area contributed by atoms with E-state index in [9.17, 15) is 9.59 Å². The van der Waals surface area contributed by atoms with Crippen LogP contribution in [0.25, 0.3) is 10.9 Å². The molecule has 1 saturated heterocycles. The molecule has 0 bridgehead atoms. The number of hydrogen-bond acceptors (Lipinski definition) is 3. The smallest absolute Gasteiger partial charge is 0.328 e. The van der Waals surface area contributed by atoms with Crippen molar-refractivity contribution in [3.8, 4) is 0 Å². The standard InChI is InChI=1S/C14H18N2.C4H4O4/c1-15-9-4-6-13(15)11-16-10-8-12-5-2-3-7-14(12)16;5-3(6)1-2-4(7)8/h2-3,5,7-8,10,13H,4,6,9,11H2,1H3;1-2H,(H,5,6)(H,7,8). The van der Waals surface area contributed by atoms with Gasteiger partial charge >= 0.3 is 11.9 Å². The number of aliphatic carboxylic acids is 2. The zero-order chi connectivity index (χ0) is 17.5. The summed E-state index contributed by atoms with van der Waals surface area (Å²) in [6.07, 6.45) is 6.02. The number of benzene rings is 1. The van der Waals surface area contributed by atoms with Gasteiger partial charge in [0.2, 0.25) is 0 Å². The number of carbonyl (C=O) groups is 2. The Morgan fingerprint density at radius 1 is 1.17 bits per heavy atom. The van der Waals surface area contributed by atoms with Gasteiger partial charge in [-0.2, -0.15) is 0 Å². The van der Waals surface area contributed by atoms with E-state index < -0.39 is 11.9 Å². The second-order valence-corrected chi connectivity index (χ2v) is 5.81. The summed E-state index contributed by atoms with van der Waals surface area (Å²) in [4.78, 5) is 21.6. The molecule has 0 aliphatic carbocycles. The Labute approximate surface area is 140 Å². The summed E-state index contributed by atoms with van der Waals surface area (Å²) in [6, 6.07) is 11.6. The van der Waals surface area contributed by atoms with Crippen LogP contribution in [0.4, 0.5) is 0 Å². The first-order chi connectivity index (χ1) is 11.5. The van der Waals surface area contributed by atoms with E-state index in [-0.39, 0.29) is 0 Å². The first-order valence-electron chi connectivity index (χ1n) is 7.85. The third-order valence-corrected chi connectivity index (χ3v) is 4.13. The van der Waals surface area contributed by atoms with Crippen LogP contribution in [0.3, 0.4) is 0 Å². The SMILES string of the molecule is CN1CCCC1Cn1ccc2ccccc21.O=C(O)C=CC(=O)O. The molecule has 2 heterocycles. The summed E-state index contributed by atoms with van der Waals surface area (Å²) >= 11 is 0. The molecule has 2 N–H and O–H groups in total. The molecule has 1 aromatic heterocycles. The van der Waals surface area contributed by atoms with Gasteiger partial charge in [0.15, 0.2) is 0 Å². The van der Waals surface area contributed by atoms with Gasteiger partial charge in [-0.1, -0.05) is 18.2 Å². The van der Waals surface area contributed by atoms with Crippen molar-refractivity contribution in [1.29, 1.82) is 0 Å². The molecule has 1 unspecified atom stereocenters. The molecule has 24 heavy (non-hydrogen) atoms. The number of nitrogens with zero attached hydrogens (tertiary/aromatic N) is 2. The molecule has 1 aliphatic heterocycles. The average Bonchev–Trinajstić information content (AvgIpc) is 3.14. The van der Waals surface area contributed by atoms with Crippen LogP contribution >= 0.6 is 0 Å². The maximum absolute atomic E-state index is 9.55. The predicted octanol–water partition coefficient (Wildman–Crippen LogP) is 2.45. The van der Waals surface area contributed by atoms with Crippen molar-refractivity contribution in [2.24, 2.45) is 0 Å². The van der Waals surface area contributed by atoms with Gasteiger partial charge < -0.3 is 19.7 Å². The zero-order valence-electron chi connectivity index (χ0n) is 13.6. The van der Waals surface area contributed by atoms with Crippen LogP contribution in [0.5, 0.6) is 0 Å². The summed E-state index contributed by atoms with van der Waals surface area (Å²) in [5, 5.41) is 17.0. The first-order valence-corrected chi connectivity index (χ1v) is 7.85. The summed E-state index contributed by atoms with van der Waals surface area (Å²) in [6.45, 7) is 2.38. The minimum Gasteiger partial charge on any atom is -0.478 e. The molecular weight excluding hydrogens is 308 g/mol. The van der Waals surface area contributed by atoms with Crippen LogP contribution in [0, 0.1) is 0 Å². The van der Waals surface area contributed by atoms with Crippen molar-refractivity contribution in [3.63, 3.8) is 0 Å². The Kier molecular flexibility index (Phi) is 6.14. The van der Waals surface area contributed by atoms with Crippen LogP contribution in [-0.4, -0.2) is 51.3 Å². The van der Waals surface area contributed by atoms with Gasteiger partial charge in [-0.3, -0.25) is 0 Å². The molecular formula is C18H22N2O4. The maximum atomic E-state index is 9.55. The summed E-state index contributed by atoms with van der Waals surface area (Å²) < 4.78 is 2.39. The van der Waals surface area contributed by atoms with Crippen LogP contribution in [0.1, 0.15) is 12.8 Å². The highest BCUT2D eigenvalue weighted by atomic mass is 16.4. The number of hydrogen-bond donors (Lipinski definition) is 2. The molecule has 1 aromatic carbocycles. The number of likely N-dealkylation sites (tertiary alicyclic amines) is 1. The molecule has 0 radical (unpaired) electrons. The molecule has 1 fully saturated rings. The summed E-state index contributed by atoms with van der Waals surface area (Å²) in [5.41, 5.74) is 1.36. The van der Waals surface area contributed by atoms with E-state index in [2.05, 4.69) is 53.0 Å². The lowest BCUT2D eigenvalue weighted by molar-refractivity contribution is -0.134. The van der Waals surface area contributed by atoms with Crippen LogP contribution in [0.15, 0.2) is 48.7 Å². The van der Waals surface area contributed by atoms with E-state index in [1.165, 1.54) is 30.3 Å². The maximum Gasteiger partial charge on any atom is 0.328 e. The lowest BCUT2D eigenvalue weighted by Crippen LogP contribution is -2.28. The number of carboxylic acids is 2. The van der Waals surface area contributed by atoms with Gasteiger partial charge in [-0.25, -0.2) is 9.59 Å². The minimum atomic E-state index is -1.26. The highest BCUT2D eigenvalue weighted by Crippen LogP contribution is 2.20. The van der Waals surface area contributed by atoms with Gasteiger partial charge in [-0.15, -0.1) is 0 Å². The molecule has 6 nitrogen and oxygen atoms in total. The van der Waals surface area contributed by atoms with Gasteiger partial charge in [0.25, 0.3) is 0 Å². The molecule has 128 valence electrons. The van der Waals surface area contributed by atoms with E-state index in [0.29, 0.717) is 12.2 Å². The molecule has 3 rings (SSSR count). The van der Waals surface area contributed by atoms with Crippen LogP contribution in [0.2, 0.25) is 0 Å². The Balaban J connectivity index is 0.000000224. The van der Waals surface area contributed by atoms with Gasteiger partial charge in [0, 0.05) is 36.5 Å². The van der Waals surface area contributed by atoms with Crippen molar-refractivity contribution >= 4 is 22.8 Å². The molecule has 0 spiro atoms. The second kappa shape index (κ2) is 8.31. The lowest BCUT2D eigenvalue weighted by atomic mass is 10.2. The van der Waals surface area contributed by atoms with Crippen molar-refractivity contribution in [1.82, 2.24) is 9.47 Å². The van der Waals surface area contributed by atoms with E-state index in [1.807, 2.05) is 0 Å². The lowest BCUT2D eigenvalue weighted by Gasteiger charge is -2.20. The van der Waals surface area contributed by atoms with E-state index in [1.54, 1.807) is 0 Å². The van der Waals surface area contributed by atoms with Crippen LogP contribution < -0.4 is 0 Å². The number of para-hydroxylation sites is 1. The average molecular weight is 330 g/mol. The largest absolute Gasteiger partial charge is 0.478 e. The summed E-state index contributed by atoms with van der Waals surface area (Å²) in [7, 11) is 2.24. The number of carboxylic acid groups (broad SMARTS) is 2.